The van der Waals surface area contributed by atoms with Crippen molar-refractivity contribution >= 4 is 5.69 Å². The van der Waals surface area contributed by atoms with E-state index < -0.39 is 0 Å². The van der Waals surface area contributed by atoms with Gasteiger partial charge in [0, 0.05) is 12.3 Å². The molecule has 2 heterocycles. The average Bonchev–Trinajstić information content (AvgIpc) is 2.61. The SMILES string of the molecule is C1=C[N]c2cc3c(cc2C1)OCO3. The van der Waals surface area contributed by atoms with Crippen molar-refractivity contribution in [3.63, 3.8) is 0 Å². The largest absolute Gasteiger partial charge is 0.454 e. The number of hydrogen-bond donors (Lipinski definition) is 0. The Labute approximate surface area is 76.0 Å². The third-order valence-electron chi connectivity index (χ3n) is 2.23. The van der Waals surface area contributed by atoms with Gasteiger partial charge >= 0.3 is 0 Å². The number of hydrogen-bond acceptors (Lipinski definition) is 2. The van der Waals surface area contributed by atoms with Crippen LogP contribution in [0.15, 0.2) is 24.4 Å². The van der Waals surface area contributed by atoms with Crippen LogP contribution in [-0.4, -0.2) is 6.79 Å². The van der Waals surface area contributed by atoms with E-state index in [0.717, 1.165) is 23.6 Å². The van der Waals surface area contributed by atoms with Crippen LogP contribution in [0.3, 0.4) is 0 Å². The molecule has 0 amide bonds. The topological polar surface area (TPSA) is 32.6 Å². The lowest BCUT2D eigenvalue weighted by atomic mass is 10.1. The Morgan fingerprint density at radius 1 is 1.15 bits per heavy atom. The minimum atomic E-state index is 0.325. The molecule has 2 aliphatic heterocycles. The average molecular weight is 174 g/mol. The highest BCUT2D eigenvalue weighted by Gasteiger charge is 2.17. The van der Waals surface area contributed by atoms with Gasteiger partial charge in [-0.15, -0.1) is 0 Å². The van der Waals surface area contributed by atoms with Gasteiger partial charge in [-0.1, -0.05) is 6.08 Å². The maximum atomic E-state index is 5.28. The molecule has 1 aromatic carbocycles. The maximum Gasteiger partial charge on any atom is 0.231 e. The van der Waals surface area contributed by atoms with Gasteiger partial charge in [0.1, 0.15) is 0 Å². The highest BCUT2D eigenvalue weighted by atomic mass is 16.7. The van der Waals surface area contributed by atoms with Crippen molar-refractivity contribution in [2.75, 3.05) is 6.79 Å². The minimum absolute atomic E-state index is 0.325. The Bertz CT molecular complexity index is 350. The summed E-state index contributed by atoms with van der Waals surface area (Å²) in [6.07, 6.45) is 4.78. The van der Waals surface area contributed by atoms with Gasteiger partial charge < -0.3 is 9.47 Å². The zero-order valence-electron chi connectivity index (χ0n) is 6.99. The van der Waals surface area contributed by atoms with Gasteiger partial charge in [0.25, 0.3) is 0 Å². The van der Waals surface area contributed by atoms with Crippen molar-refractivity contribution in [1.29, 1.82) is 0 Å². The second-order valence-corrected chi connectivity index (χ2v) is 3.05. The summed E-state index contributed by atoms with van der Waals surface area (Å²) in [5.74, 6) is 1.64. The molecule has 65 valence electrons. The molecule has 3 heteroatoms. The van der Waals surface area contributed by atoms with Gasteiger partial charge in [-0.2, -0.15) is 0 Å². The Morgan fingerprint density at radius 2 is 2.00 bits per heavy atom. The van der Waals surface area contributed by atoms with Crippen LogP contribution in [0.5, 0.6) is 11.5 Å². The van der Waals surface area contributed by atoms with Gasteiger partial charge in [-0.25, -0.2) is 0 Å². The fraction of sp³-hybridized carbons (Fsp3) is 0.200. The van der Waals surface area contributed by atoms with Gasteiger partial charge in [-0.3, -0.25) is 5.32 Å². The molecule has 0 unspecified atom stereocenters. The first-order chi connectivity index (χ1) is 6.43. The van der Waals surface area contributed by atoms with Crippen LogP contribution >= 0.6 is 0 Å². The number of allylic oxidation sites excluding steroid dienone is 1. The van der Waals surface area contributed by atoms with E-state index in [2.05, 4.69) is 5.32 Å². The van der Waals surface area contributed by atoms with Gasteiger partial charge in [0.05, 0.1) is 5.69 Å². The van der Waals surface area contributed by atoms with E-state index in [1.807, 2.05) is 24.4 Å². The lowest BCUT2D eigenvalue weighted by molar-refractivity contribution is 0.174. The molecule has 1 aromatic rings. The Morgan fingerprint density at radius 3 is 2.92 bits per heavy atom. The van der Waals surface area contributed by atoms with Crippen molar-refractivity contribution in [2.24, 2.45) is 0 Å². The second kappa shape index (κ2) is 2.42. The number of fused-ring (bicyclic) bond motifs is 2. The summed E-state index contributed by atoms with van der Waals surface area (Å²) >= 11 is 0. The van der Waals surface area contributed by atoms with Crippen LogP contribution in [-0.2, 0) is 6.42 Å². The molecule has 2 aliphatic rings. The lowest BCUT2D eigenvalue weighted by Crippen LogP contribution is -1.98. The monoisotopic (exact) mass is 174 g/mol. The van der Waals surface area contributed by atoms with E-state index in [4.69, 9.17) is 9.47 Å². The van der Waals surface area contributed by atoms with Crippen molar-refractivity contribution in [2.45, 2.75) is 6.42 Å². The highest BCUT2D eigenvalue weighted by Crippen LogP contribution is 2.38. The van der Waals surface area contributed by atoms with Crippen molar-refractivity contribution < 1.29 is 9.47 Å². The smallest absolute Gasteiger partial charge is 0.231 e. The third kappa shape index (κ3) is 0.967. The fourth-order valence-corrected chi connectivity index (χ4v) is 1.57. The van der Waals surface area contributed by atoms with Crippen LogP contribution < -0.4 is 14.8 Å². The molecular formula is C10H8NO2. The summed E-state index contributed by atoms with van der Waals surface area (Å²) in [6, 6.07) is 3.94. The fourth-order valence-electron chi connectivity index (χ4n) is 1.57. The third-order valence-corrected chi connectivity index (χ3v) is 2.23. The number of ether oxygens (including phenoxy) is 2. The molecule has 0 aromatic heterocycles. The van der Waals surface area contributed by atoms with E-state index in [-0.39, 0.29) is 0 Å². The summed E-state index contributed by atoms with van der Waals surface area (Å²) in [5.41, 5.74) is 2.19. The zero-order valence-corrected chi connectivity index (χ0v) is 6.99. The Balaban J connectivity index is 2.14. The van der Waals surface area contributed by atoms with Crippen LogP contribution in [0, 0.1) is 0 Å². The summed E-state index contributed by atoms with van der Waals surface area (Å²) in [7, 11) is 0. The first kappa shape index (κ1) is 6.83. The lowest BCUT2D eigenvalue weighted by Gasteiger charge is -2.10. The molecule has 3 nitrogen and oxygen atoms in total. The highest BCUT2D eigenvalue weighted by molar-refractivity contribution is 5.59. The van der Waals surface area contributed by atoms with Gasteiger partial charge in [0.15, 0.2) is 11.5 Å². The summed E-state index contributed by atoms with van der Waals surface area (Å²) < 4.78 is 10.5. The minimum Gasteiger partial charge on any atom is -0.454 e. The molecule has 0 saturated heterocycles. The van der Waals surface area contributed by atoms with Gasteiger partial charge in [0.2, 0.25) is 6.79 Å². The molecule has 3 rings (SSSR count). The quantitative estimate of drug-likeness (QED) is 0.599. The molecule has 0 spiro atoms. The molecule has 0 saturated carbocycles. The first-order valence-electron chi connectivity index (χ1n) is 4.22. The standard InChI is InChI=1S/C10H8NO2/c1-2-7-4-9-10(13-6-12-9)5-8(7)11-3-1/h1,3-5H,2,6H2. The Kier molecular flexibility index (Phi) is 1.27. The number of benzene rings is 1. The molecule has 0 fully saturated rings. The Hall–Kier alpha value is -1.64. The van der Waals surface area contributed by atoms with Crippen LogP contribution in [0.2, 0.25) is 0 Å². The van der Waals surface area contributed by atoms with Crippen LogP contribution in [0.4, 0.5) is 5.69 Å². The number of nitrogens with zero attached hydrogens (tertiary/aromatic N) is 1. The molecule has 0 N–H and O–H groups in total. The van der Waals surface area contributed by atoms with Crippen LogP contribution in [0.25, 0.3) is 0 Å². The van der Waals surface area contributed by atoms with E-state index in [1.54, 1.807) is 0 Å². The van der Waals surface area contributed by atoms with Gasteiger partial charge in [-0.05, 0) is 18.1 Å². The summed E-state index contributed by atoms with van der Waals surface area (Å²) in [6.45, 7) is 0.325. The van der Waals surface area contributed by atoms with Crippen molar-refractivity contribution in [1.82, 2.24) is 5.32 Å². The molecule has 0 atom stereocenters. The van der Waals surface area contributed by atoms with E-state index in [0.29, 0.717) is 6.79 Å². The molecular weight excluding hydrogens is 166 g/mol. The number of rotatable bonds is 0. The maximum absolute atomic E-state index is 5.28. The molecule has 13 heavy (non-hydrogen) atoms. The first-order valence-corrected chi connectivity index (χ1v) is 4.22. The molecule has 0 aliphatic carbocycles. The molecule has 1 radical (unpaired) electrons. The van der Waals surface area contributed by atoms with E-state index >= 15 is 0 Å². The zero-order chi connectivity index (χ0) is 8.67. The summed E-state index contributed by atoms with van der Waals surface area (Å²) in [4.78, 5) is 0. The predicted molar refractivity (Wildman–Crippen MR) is 47.2 cm³/mol. The predicted octanol–water partition coefficient (Wildman–Crippen LogP) is 1.72. The summed E-state index contributed by atoms with van der Waals surface area (Å²) in [5, 5.41) is 4.25. The van der Waals surface area contributed by atoms with E-state index in [1.165, 1.54) is 5.56 Å². The molecule has 0 bridgehead atoms. The normalized spacial score (nSPS) is 16.6. The van der Waals surface area contributed by atoms with E-state index in [9.17, 15) is 0 Å². The second-order valence-electron chi connectivity index (χ2n) is 3.05. The van der Waals surface area contributed by atoms with Crippen molar-refractivity contribution in [3.8, 4) is 11.5 Å². The van der Waals surface area contributed by atoms with Crippen LogP contribution in [0.1, 0.15) is 5.56 Å². The van der Waals surface area contributed by atoms with Crippen molar-refractivity contribution in [3.05, 3.63) is 30.0 Å².